The van der Waals surface area contributed by atoms with Crippen LogP contribution in [0.2, 0.25) is 0 Å². The van der Waals surface area contributed by atoms with Gasteiger partial charge in [-0.3, -0.25) is 4.57 Å². The molecule has 0 amide bonds. The summed E-state index contributed by atoms with van der Waals surface area (Å²) in [6.45, 7) is 1.12. The van der Waals surface area contributed by atoms with Gasteiger partial charge in [-0.25, -0.2) is 0 Å². The maximum absolute atomic E-state index is 6.11. The zero-order valence-electron chi connectivity index (χ0n) is 14.5. The molecular weight excluding hydrogens is 342 g/mol. The predicted molar refractivity (Wildman–Crippen MR) is 106 cm³/mol. The van der Waals surface area contributed by atoms with Crippen LogP contribution in [0.15, 0.2) is 78.0 Å². The highest BCUT2D eigenvalue weighted by molar-refractivity contribution is 7.98. The Morgan fingerprint density at radius 1 is 0.885 bits per heavy atom. The van der Waals surface area contributed by atoms with Crippen LogP contribution >= 0.6 is 11.8 Å². The molecule has 4 rings (SSSR count). The third-order valence-corrected chi connectivity index (χ3v) is 4.93. The smallest absolute Gasteiger partial charge is 0.191 e. The average Bonchev–Trinajstić information content (AvgIpc) is 3.08. The average molecular weight is 361 g/mol. The molecule has 26 heavy (non-hydrogen) atoms. The Labute approximate surface area is 156 Å². The third kappa shape index (κ3) is 3.44. The van der Waals surface area contributed by atoms with Gasteiger partial charge in [0.1, 0.15) is 12.4 Å². The summed E-state index contributed by atoms with van der Waals surface area (Å²) in [5.41, 5.74) is 1.22. The number of benzene rings is 3. The minimum Gasteiger partial charge on any atom is -0.485 e. The molecule has 4 nitrogen and oxygen atoms in total. The van der Waals surface area contributed by atoms with Crippen LogP contribution in [0, 0.1) is 0 Å². The van der Waals surface area contributed by atoms with Crippen molar-refractivity contribution < 1.29 is 4.74 Å². The molecule has 130 valence electrons. The standard InChI is InChI=1S/C21H19N3OS/c1-26-21-23-22-20(24(21)14-16-8-3-2-4-9-16)15-25-19-13-7-11-17-10-5-6-12-18(17)19/h2-13H,14-15H2,1H3. The molecule has 0 aliphatic heterocycles. The van der Waals surface area contributed by atoms with E-state index in [1.165, 1.54) is 10.9 Å². The first kappa shape index (κ1) is 16.7. The second-order valence-corrected chi connectivity index (χ2v) is 6.71. The van der Waals surface area contributed by atoms with E-state index in [9.17, 15) is 0 Å². The molecule has 1 heterocycles. The zero-order chi connectivity index (χ0) is 17.8. The fourth-order valence-electron chi connectivity index (χ4n) is 2.97. The minimum atomic E-state index is 0.383. The van der Waals surface area contributed by atoms with E-state index < -0.39 is 0 Å². The quantitative estimate of drug-likeness (QED) is 0.463. The maximum atomic E-state index is 6.11. The van der Waals surface area contributed by atoms with Gasteiger partial charge in [0.25, 0.3) is 0 Å². The van der Waals surface area contributed by atoms with Crippen molar-refractivity contribution >= 4 is 22.5 Å². The Hall–Kier alpha value is -2.79. The summed E-state index contributed by atoms with van der Waals surface area (Å²) in [4.78, 5) is 0. The molecule has 0 spiro atoms. The summed E-state index contributed by atoms with van der Waals surface area (Å²) in [6, 6.07) is 24.7. The lowest BCUT2D eigenvalue weighted by Gasteiger charge is -2.12. The number of rotatable bonds is 6. The van der Waals surface area contributed by atoms with Crippen molar-refractivity contribution in [2.75, 3.05) is 6.26 Å². The number of thioether (sulfide) groups is 1. The number of ether oxygens (including phenoxy) is 1. The molecular formula is C21H19N3OS. The second kappa shape index (κ2) is 7.62. The molecule has 0 radical (unpaired) electrons. The summed E-state index contributed by atoms with van der Waals surface area (Å²) >= 11 is 1.59. The van der Waals surface area contributed by atoms with Crippen LogP contribution in [0.25, 0.3) is 10.8 Å². The summed E-state index contributed by atoms with van der Waals surface area (Å²) in [6.07, 6.45) is 2.01. The van der Waals surface area contributed by atoms with Crippen molar-refractivity contribution in [3.63, 3.8) is 0 Å². The topological polar surface area (TPSA) is 39.9 Å². The van der Waals surface area contributed by atoms with E-state index >= 15 is 0 Å². The van der Waals surface area contributed by atoms with Crippen molar-refractivity contribution in [1.82, 2.24) is 14.8 Å². The van der Waals surface area contributed by atoms with Gasteiger partial charge in [-0.2, -0.15) is 0 Å². The second-order valence-electron chi connectivity index (χ2n) is 5.94. The lowest BCUT2D eigenvalue weighted by atomic mass is 10.1. The van der Waals surface area contributed by atoms with Crippen molar-refractivity contribution in [3.05, 3.63) is 84.2 Å². The van der Waals surface area contributed by atoms with Crippen molar-refractivity contribution in [1.29, 1.82) is 0 Å². The van der Waals surface area contributed by atoms with E-state index in [0.717, 1.165) is 28.7 Å². The van der Waals surface area contributed by atoms with E-state index in [0.29, 0.717) is 6.61 Å². The number of nitrogens with zero attached hydrogens (tertiary/aromatic N) is 3. The summed E-state index contributed by atoms with van der Waals surface area (Å²) in [7, 11) is 0. The number of hydrogen-bond acceptors (Lipinski definition) is 4. The predicted octanol–water partition coefficient (Wildman–Crippen LogP) is 4.78. The highest BCUT2D eigenvalue weighted by Gasteiger charge is 2.13. The van der Waals surface area contributed by atoms with Gasteiger partial charge in [-0.05, 0) is 23.3 Å². The van der Waals surface area contributed by atoms with Crippen LogP contribution in [0.5, 0.6) is 5.75 Å². The third-order valence-electron chi connectivity index (χ3n) is 4.27. The molecule has 0 atom stereocenters. The van der Waals surface area contributed by atoms with Crippen LogP contribution in [0.4, 0.5) is 0 Å². The molecule has 4 aromatic rings. The lowest BCUT2D eigenvalue weighted by molar-refractivity contribution is 0.292. The molecule has 0 fully saturated rings. The Morgan fingerprint density at radius 3 is 2.50 bits per heavy atom. The zero-order valence-corrected chi connectivity index (χ0v) is 15.3. The van der Waals surface area contributed by atoms with Crippen molar-refractivity contribution in [2.24, 2.45) is 0 Å². The van der Waals surface area contributed by atoms with Crippen molar-refractivity contribution in [2.45, 2.75) is 18.3 Å². The maximum Gasteiger partial charge on any atom is 0.191 e. The lowest BCUT2D eigenvalue weighted by Crippen LogP contribution is -2.09. The van der Waals surface area contributed by atoms with E-state index in [2.05, 4.69) is 45.1 Å². The molecule has 5 heteroatoms. The molecule has 0 bridgehead atoms. The van der Waals surface area contributed by atoms with Crippen LogP contribution < -0.4 is 4.74 Å². The molecule has 0 saturated heterocycles. The van der Waals surface area contributed by atoms with Crippen LogP contribution in [-0.2, 0) is 13.2 Å². The van der Waals surface area contributed by atoms with Crippen LogP contribution in [0.3, 0.4) is 0 Å². The van der Waals surface area contributed by atoms with Crippen LogP contribution in [-0.4, -0.2) is 21.0 Å². The first-order chi connectivity index (χ1) is 12.8. The monoisotopic (exact) mass is 361 g/mol. The van der Waals surface area contributed by atoms with Gasteiger partial charge in [0.15, 0.2) is 11.0 Å². The molecule has 0 aliphatic carbocycles. The van der Waals surface area contributed by atoms with Gasteiger partial charge in [0.2, 0.25) is 0 Å². The van der Waals surface area contributed by atoms with E-state index in [1.807, 2.05) is 48.7 Å². The molecule has 0 saturated carbocycles. The largest absolute Gasteiger partial charge is 0.485 e. The summed E-state index contributed by atoms with van der Waals surface area (Å²) in [5, 5.41) is 11.8. The van der Waals surface area contributed by atoms with E-state index in [4.69, 9.17) is 4.74 Å². The normalized spacial score (nSPS) is 11.0. The first-order valence-corrected chi connectivity index (χ1v) is 9.68. The fraction of sp³-hybridized carbons (Fsp3) is 0.143. The van der Waals surface area contributed by atoms with Gasteiger partial charge < -0.3 is 4.74 Å². The number of hydrogen-bond donors (Lipinski definition) is 0. The molecule has 0 aliphatic rings. The number of fused-ring (bicyclic) bond motifs is 1. The molecule has 3 aromatic carbocycles. The highest BCUT2D eigenvalue weighted by atomic mass is 32.2. The van der Waals surface area contributed by atoms with Gasteiger partial charge in [0.05, 0.1) is 6.54 Å². The Morgan fingerprint density at radius 2 is 1.65 bits per heavy atom. The minimum absolute atomic E-state index is 0.383. The SMILES string of the molecule is CSc1nnc(COc2cccc3ccccc23)n1Cc1ccccc1. The van der Waals surface area contributed by atoms with E-state index in [-0.39, 0.29) is 0 Å². The first-order valence-electron chi connectivity index (χ1n) is 8.45. The number of aromatic nitrogens is 3. The summed E-state index contributed by atoms with van der Waals surface area (Å²) < 4.78 is 8.23. The van der Waals surface area contributed by atoms with Gasteiger partial charge >= 0.3 is 0 Å². The van der Waals surface area contributed by atoms with E-state index in [1.54, 1.807) is 11.8 Å². The highest BCUT2D eigenvalue weighted by Crippen LogP contribution is 2.26. The van der Waals surface area contributed by atoms with Gasteiger partial charge in [-0.15, -0.1) is 10.2 Å². The fourth-order valence-corrected chi connectivity index (χ4v) is 3.48. The molecule has 1 aromatic heterocycles. The van der Waals surface area contributed by atoms with Gasteiger partial charge in [0, 0.05) is 5.39 Å². The molecule has 0 N–H and O–H groups in total. The Bertz CT molecular complexity index is 1010. The summed E-state index contributed by atoms with van der Waals surface area (Å²) in [5.74, 6) is 1.69. The van der Waals surface area contributed by atoms with Crippen LogP contribution in [0.1, 0.15) is 11.4 Å². The Balaban J connectivity index is 1.59. The van der Waals surface area contributed by atoms with Gasteiger partial charge in [-0.1, -0.05) is 78.5 Å². The molecule has 0 unspecified atom stereocenters. The Kier molecular flexibility index (Phi) is 4.88. The van der Waals surface area contributed by atoms with Crippen molar-refractivity contribution in [3.8, 4) is 5.75 Å².